The fourth-order valence-electron chi connectivity index (χ4n) is 1.67. The molecule has 0 spiro atoms. The normalized spacial score (nSPS) is 11.4. The molecule has 2 nitrogen and oxygen atoms in total. The summed E-state index contributed by atoms with van der Waals surface area (Å²) in [4.78, 5) is 5.16. The maximum atomic E-state index is 12.1. The monoisotopic (exact) mass is 299 g/mol. The second-order valence-electron chi connectivity index (χ2n) is 3.91. The predicted molar refractivity (Wildman–Crippen MR) is 72.8 cm³/mol. The second-order valence-corrected chi connectivity index (χ2v) is 5.25. The number of alkyl halides is 3. The molecule has 1 aromatic heterocycles. The maximum absolute atomic E-state index is 12.1. The third-order valence-corrected chi connectivity index (χ3v) is 3.29. The van der Waals surface area contributed by atoms with Crippen molar-refractivity contribution in [2.75, 3.05) is 5.75 Å². The zero-order valence-corrected chi connectivity index (χ0v) is 11.5. The van der Waals surface area contributed by atoms with Crippen LogP contribution in [-0.2, 0) is 0 Å². The number of aromatic nitrogens is 1. The van der Waals surface area contributed by atoms with Gasteiger partial charge in [0.05, 0.1) is 0 Å². The number of hydrogen-bond donors (Lipinski definition) is 0. The van der Waals surface area contributed by atoms with Crippen molar-refractivity contribution >= 4 is 11.8 Å². The van der Waals surface area contributed by atoms with Crippen molar-refractivity contribution in [2.24, 2.45) is 0 Å². The van der Waals surface area contributed by atoms with Crippen LogP contribution in [0.2, 0.25) is 0 Å². The standard InChI is InChI=1S/C14H12F3NOS/c1-2-20-13-7-11(8-18-9-13)10-3-5-12(6-4-10)19-14(15,16)17/h3-9H,2H2,1H3. The van der Waals surface area contributed by atoms with E-state index in [2.05, 4.69) is 9.72 Å². The molecule has 0 aliphatic rings. The minimum absolute atomic E-state index is 0.228. The summed E-state index contributed by atoms with van der Waals surface area (Å²) in [6, 6.07) is 7.71. The predicted octanol–water partition coefficient (Wildman–Crippen LogP) is 4.76. The van der Waals surface area contributed by atoms with Gasteiger partial charge in [-0.05, 0) is 29.5 Å². The molecule has 1 heterocycles. The van der Waals surface area contributed by atoms with E-state index >= 15 is 0 Å². The second kappa shape index (κ2) is 6.17. The Morgan fingerprint density at radius 3 is 2.40 bits per heavy atom. The fraction of sp³-hybridized carbons (Fsp3) is 0.214. The molecule has 106 valence electrons. The van der Waals surface area contributed by atoms with Gasteiger partial charge in [0, 0.05) is 22.9 Å². The zero-order valence-electron chi connectivity index (χ0n) is 10.6. The molecule has 0 fully saturated rings. The summed E-state index contributed by atoms with van der Waals surface area (Å²) in [6.07, 6.45) is -1.22. The largest absolute Gasteiger partial charge is 0.573 e. The molecule has 0 aliphatic heterocycles. The lowest BCUT2D eigenvalue weighted by Crippen LogP contribution is -2.16. The van der Waals surface area contributed by atoms with Crippen LogP contribution in [-0.4, -0.2) is 17.1 Å². The van der Waals surface area contributed by atoms with Crippen LogP contribution in [0.1, 0.15) is 6.92 Å². The van der Waals surface area contributed by atoms with Crippen molar-refractivity contribution in [1.29, 1.82) is 0 Å². The molecule has 1 aromatic carbocycles. The summed E-state index contributed by atoms with van der Waals surface area (Å²) in [7, 11) is 0. The number of benzene rings is 1. The van der Waals surface area contributed by atoms with Crippen LogP contribution in [0.3, 0.4) is 0 Å². The number of pyridine rings is 1. The van der Waals surface area contributed by atoms with Crippen molar-refractivity contribution in [3.63, 3.8) is 0 Å². The van der Waals surface area contributed by atoms with E-state index in [0.717, 1.165) is 21.8 Å². The van der Waals surface area contributed by atoms with Crippen molar-refractivity contribution in [1.82, 2.24) is 4.98 Å². The average molecular weight is 299 g/mol. The van der Waals surface area contributed by atoms with Gasteiger partial charge >= 0.3 is 6.36 Å². The van der Waals surface area contributed by atoms with E-state index < -0.39 is 6.36 Å². The van der Waals surface area contributed by atoms with E-state index in [-0.39, 0.29) is 5.75 Å². The van der Waals surface area contributed by atoms with Crippen molar-refractivity contribution < 1.29 is 17.9 Å². The van der Waals surface area contributed by atoms with Crippen LogP contribution in [0.15, 0.2) is 47.6 Å². The smallest absolute Gasteiger partial charge is 0.406 e. The summed E-state index contributed by atoms with van der Waals surface area (Å²) in [5.74, 6) is 0.706. The van der Waals surface area contributed by atoms with Crippen molar-refractivity contribution in [2.45, 2.75) is 18.2 Å². The first-order valence-corrected chi connectivity index (χ1v) is 6.90. The number of hydrogen-bond acceptors (Lipinski definition) is 3. The van der Waals surface area contributed by atoms with Gasteiger partial charge in [-0.1, -0.05) is 19.1 Å². The van der Waals surface area contributed by atoms with Crippen molar-refractivity contribution in [3.05, 3.63) is 42.7 Å². The fourth-order valence-corrected chi connectivity index (χ4v) is 2.35. The third-order valence-electron chi connectivity index (χ3n) is 2.45. The van der Waals surface area contributed by atoms with Gasteiger partial charge in [0.2, 0.25) is 0 Å². The zero-order chi connectivity index (χ0) is 14.6. The third kappa shape index (κ3) is 4.16. The molecule has 0 radical (unpaired) electrons. The first kappa shape index (κ1) is 14.7. The van der Waals surface area contributed by atoms with E-state index in [1.165, 1.54) is 12.1 Å². The Labute approximate surface area is 119 Å². The minimum atomic E-state index is -4.67. The molecule has 0 unspecified atom stereocenters. The SMILES string of the molecule is CCSc1cncc(-c2ccc(OC(F)(F)F)cc2)c1. The van der Waals surface area contributed by atoms with Crippen molar-refractivity contribution in [3.8, 4) is 16.9 Å². The highest BCUT2D eigenvalue weighted by Crippen LogP contribution is 2.28. The minimum Gasteiger partial charge on any atom is -0.406 e. The summed E-state index contributed by atoms with van der Waals surface area (Å²) in [5, 5.41) is 0. The van der Waals surface area contributed by atoms with Gasteiger partial charge in [-0.2, -0.15) is 0 Å². The summed E-state index contributed by atoms with van der Waals surface area (Å²) < 4.78 is 40.0. The Morgan fingerprint density at radius 1 is 1.10 bits per heavy atom. The molecule has 6 heteroatoms. The van der Waals surface area contributed by atoms with E-state index in [9.17, 15) is 13.2 Å². The van der Waals surface area contributed by atoms with E-state index in [1.54, 1.807) is 36.3 Å². The number of halogens is 3. The van der Waals surface area contributed by atoms with Gasteiger partial charge in [0.25, 0.3) is 0 Å². The van der Waals surface area contributed by atoms with Crippen LogP contribution in [0, 0.1) is 0 Å². The van der Waals surface area contributed by atoms with Gasteiger partial charge in [-0.25, -0.2) is 0 Å². The van der Waals surface area contributed by atoms with Crippen LogP contribution < -0.4 is 4.74 Å². The topological polar surface area (TPSA) is 22.1 Å². The Kier molecular flexibility index (Phi) is 4.54. The lowest BCUT2D eigenvalue weighted by Gasteiger charge is -2.09. The number of thioether (sulfide) groups is 1. The van der Waals surface area contributed by atoms with Crippen LogP contribution in [0.5, 0.6) is 5.75 Å². The lowest BCUT2D eigenvalue weighted by atomic mass is 10.1. The number of rotatable bonds is 4. The Balaban J connectivity index is 2.19. The molecule has 0 saturated carbocycles. The first-order chi connectivity index (χ1) is 9.48. The molecule has 0 atom stereocenters. The van der Waals surface area contributed by atoms with Crippen LogP contribution >= 0.6 is 11.8 Å². The van der Waals surface area contributed by atoms with Gasteiger partial charge in [0.15, 0.2) is 0 Å². The summed E-state index contributed by atoms with van der Waals surface area (Å²) in [6.45, 7) is 2.04. The summed E-state index contributed by atoms with van der Waals surface area (Å²) >= 11 is 1.66. The molecule has 20 heavy (non-hydrogen) atoms. The highest BCUT2D eigenvalue weighted by molar-refractivity contribution is 7.99. The quantitative estimate of drug-likeness (QED) is 0.760. The van der Waals surface area contributed by atoms with E-state index in [0.29, 0.717) is 0 Å². The summed E-state index contributed by atoms with van der Waals surface area (Å²) in [5.41, 5.74) is 1.66. The molecular weight excluding hydrogens is 287 g/mol. The molecule has 0 amide bonds. The molecular formula is C14H12F3NOS. The Morgan fingerprint density at radius 2 is 1.80 bits per heavy atom. The number of nitrogens with zero attached hydrogens (tertiary/aromatic N) is 1. The lowest BCUT2D eigenvalue weighted by molar-refractivity contribution is -0.274. The van der Waals surface area contributed by atoms with Gasteiger partial charge < -0.3 is 4.74 Å². The Bertz CT molecular complexity index is 569. The molecule has 0 saturated heterocycles. The molecule has 2 rings (SSSR count). The molecule has 0 aliphatic carbocycles. The highest BCUT2D eigenvalue weighted by atomic mass is 32.2. The molecule has 0 bridgehead atoms. The highest BCUT2D eigenvalue weighted by Gasteiger charge is 2.30. The molecule has 2 aromatic rings. The van der Waals surface area contributed by atoms with Crippen LogP contribution in [0.4, 0.5) is 13.2 Å². The van der Waals surface area contributed by atoms with E-state index in [1.807, 2.05) is 13.0 Å². The molecule has 0 N–H and O–H groups in total. The van der Waals surface area contributed by atoms with Gasteiger partial charge in [-0.15, -0.1) is 24.9 Å². The van der Waals surface area contributed by atoms with E-state index in [4.69, 9.17) is 0 Å². The number of ether oxygens (including phenoxy) is 1. The first-order valence-electron chi connectivity index (χ1n) is 5.92. The maximum Gasteiger partial charge on any atom is 0.573 e. The Hall–Kier alpha value is -1.69. The van der Waals surface area contributed by atoms with Crippen LogP contribution in [0.25, 0.3) is 11.1 Å². The van der Waals surface area contributed by atoms with Gasteiger partial charge in [-0.3, -0.25) is 4.98 Å². The average Bonchev–Trinajstić information content (AvgIpc) is 2.38. The van der Waals surface area contributed by atoms with Gasteiger partial charge in [0.1, 0.15) is 5.75 Å².